The van der Waals surface area contributed by atoms with Gasteiger partial charge in [-0.05, 0) is 43.3 Å². The Labute approximate surface area is 179 Å². The third kappa shape index (κ3) is 5.32. The fourth-order valence-corrected chi connectivity index (χ4v) is 5.17. The quantitative estimate of drug-likeness (QED) is 0.587. The zero-order valence-corrected chi connectivity index (χ0v) is 18.2. The van der Waals surface area contributed by atoms with Gasteiger partial charge in [0.15, 0.2) is 15.1 Å². The zero-order chi connectivity index (χ0) is 21.7. The van der Waals surface area contributed by atoms with E-state index in [4.69, 9.17) is 4.74 Å². The van der Waals surface area contributed by atoms with E-state index in [1.54, 1.807) is 0 Å². The Kier molecular flexibility index (Phi) is 7.01. The van der Waals surface area contributed by atoms with Crippen molar-refractivity contribution in [3.63, 3.8) is 0 Å². The van der Waals surface area contributed by atoms with Gasteiger partial charge in [-0.15, -0.1) is 11.8 Å². The van der Waals surface area contributed by atoms with Crippen LogP contribution in [0.25, 0.3) is 0 Å². The van der Waals surface area contributed by atoms with Crippen molar-refractivity contribution < 1.29 is 22.7 Å². The number of sulfone groups is 1. The molecule has 2 aromatic carbocycles. The van der Waals surface area contributed by atoms with Gasteiger partial charge in [0.05, 0.1) is 17.8 Å². The van der Waals surface area contributed by atoms with Gasteiger partial charge in [-0.25, -0.2) is 8.42 Å². The van der Waals surface area contributed by atoms with Gasteiger partial charge in [-0.1, -0.05) is 17.7 Å². The second kappa shape index (κ2) is 9.50. The van der Waals surface area contributed by atoms with Crippen LogP contribution in [0.2, 0.25) is 0 Å². The minimum absolute atomic E-state index is 0.0442. The Hall–Kier alpha value is -2.56. The van der Waals surface area contributed by atoms with Crippen LogP contribution in [0.1, 0.15) is 5.56 Å². The average Bonchev–Trinajstić information content (AvgIpc) is 2.74. The number of hydrogen-bond acceptors (Lipinski definition) is 7. The maximum atomic E-state index is 12.8. The lowest BCUT2D eigenvalue weighted by Crippen LogP contribution is -2.59. The number of rotatable bonds is 7. The van der Waals surface area contributed by atoms with Gasteiger partial charge in [-0.3, -0.25) is 14.9 Å². The van der Waals surface area contributed by atoms with Gasteiger partial charge < -0.3 is 15.4 Å². The summed E-state index contributed by atoms with van der Waals surface area (Å²) in [5, 5.41) is 7.12. The lowest BCUT2D eigenvalue weighted by molar-refractivity contribution is -0.122. The molecule has 1 saturated heterocycles. The van der Waals surface area contributed by atoms with Crippen molar-refractivity contribution in [2.45, 2.75) is 22.6 Å². The predicted molar refractivity (Wildman–Crippen MR) is 116 cm³/mol. The highest BCUT2D eigenvalue weighted by atomic mass is 32.2. The summed E-state index contributed by atoms with van der Waals surface area (Å²) in [4.78, 5) is 24.6. The van der Waals surface area contributed by atoms with Gasteiger partial charge in [0.2, 0.25) is 11.8 Å². The van der Waals surface area contributed by atoms with E-state index in [0.717, 1.165) is 5.56 Å². The van der Waals surface area contributed by atoms with E-state index in [0.29, 0.717) is 11.4 Å². The van der Waals surface area contributed by atoms with E-state index in [1.165, 1.54) is 43.1 Å². The molecule has 1 aliphatic heterocycles. The van der Waals surface area contributed by atoms with Crippen molar-refractivity contribution in [2.75, 3.05) is 24.7 Å². The van der Waals surface area contributed by atoms with Crippen LogP contribution >= 0.6 is 11.8 Å². The van der Waals surface area contributed by atoms with Crippen molar-refractivity contribution in [3.8, 4) is 5.75 Å². The molecule has 160 valence electrons. The highest BCUT2D eigenvalue weighted by Gasteiger charge is 2.38. The molecule has 2 aromatic rings. The molecule has 0 radical (unpaired) electrons. The third-order valence-electron chi connectivity index (χ3n) is 4.53. The molecule has 0 aromatic heterocycles. The summed E-state index contributed by atoms with van der Waals surface area (Å²) in [6.45, 7) is 1.92. The minimum atomic E-state index is -3.85. The maximum Gasteiger partial charge on any atom is 0.241 e. The lowest BCUT2D eigenvalue weighted by Gasteiger charge is -2.29. The SMILES string of the molecule is COc1ccc(S(=O)(=O)C2CNC(SCC(=O)Nc3ccc(C)cc3)NC2=O)cc1. The topological polar surface area (TPSA) is 114 Å². The standard InChI is InChI=1S/C20H23N3O5S2/c1-13-3-5-14(6-4-13)22-18(24)12-29-20-21-11-17(19(25)23-20)30(26,27)16-9-7-15(28-2)8-10-16/h3-10,17,20-21H,11-12H2,1-2H3,(H,22,24)(H,23,25). The molecule has 2 amide bonds. The molecule has 30 heavy (non-hydrogen) atoms. The third-order valence-corrected chi connectivity index (χ3v) is 7.64. The normalized spacial score (nSPS) is 19.1. The number of hydrogen-bond donors (Lipinski definition) is 3. The Morgan fingerprint density at radius 1 is 1.17 bits per heavy atom. The van der Waals surface area contributed by atoms with Crippen molar-refractivity contribution in [3.05, 3.63) is 54.1 Å². The van der Waals surface area contributed by atoms with Gasteiger partial charge in [-0.2, -0.15) is 0 Å². The van der Waals surface area contributed by atoms with E-state index >= 15 is 0 Å². The molecular formula is C20H23N3O5S2. The van der Waals surface area contributed by atoms with Gasteiger partial charge in [0.25, 0.3) is 0 Å². The first-order chi connectivity index (χ1) is 14.3. The Balaban J connectivity index is 1.53. The highest BCUT2D eigenvalue weighted by Crippen LogP contribution is 2.22. The monoisotopic (exact) mass is 449 g/mol. The number of methoxy groups -OCH3 is 1. The number of thioether (sulfide) groups is 1. The summed E-state index contributed by atoms with van der Waals surface area (Å²) >= 11 is 1.18. The average molecular weight is 450 g/mol. The summed E-state index contributed by atoms with van der Waals surface area (Å²) in [6, 6.07) is 13.3. The summed E-state index contributed by atoms with van der Waals surface area (Å²) in [6.07, 6.45) is 0. The molecular weight excluding hydrogens is 426 g/mol. The Bertz CT molecular complexity index is 1010. The Morgan fingerprint density at radius 2 is 1.83 bits per heavy atom. The smallest absolute Gasteiger partial charge is 0.241 e. The number of carbonyl (C=O) groups excluding carboxylic acids is 2. The fraction of sp³-hybridized carbons (Fsp3) is 0.300. The first-order valence-corrected chi connectivity index (χ1v) is 11.8. The van der Waals surface area contributed by atoms with Crippen LogP contribution in [-0.4, -0.2) is 50.4 Å². The van der Waals surface area contributed by atoms with E-state index in [2.05, 4.69) is 16.0 Å². The summed E-state index contributed by atoms with van der Waals surface area (Å²) in [7, 11) is -2.37. The lowest BCUT2D eigenvalue weighted by atomic mass is 10.2. The van der Waals surface area contributed by atoms with Crippen molar-refractivity contribution in [1.29, 1.82) is 0 Å². The molecule has 1 heterocycles. The fourth-order valence-electron chi connectivity index (χ4n) is 2.85. The van der Waals surface area contributed by atoms with E-state index < -0.39 is 26.5 Å². The van der Waals surface area contributed by atoms with Crippen molar-refractivity contribution >= 4 is 39.1 Å². The largest absolute Gasteiger partial charge is 0.497 e. The van der Waals surface area contributed by atoms with Gasteiger partial charge >= 0.3 is 0 Å². The molecule has 2 unspecified atom stereocenters. The number of anilines is 1. The van der Waals surface area contributed by atoms with Crippen molar-refractivity contribution in [2.24, 2.45) is 0 Å². The van der Waals surface area contributed by atoms with E-state index in [1.807, 2.05) is 31.2 Å². The number of carbonyl (C=O) groups is 2. The van der Waals surface area contributed by atoms with Crippen LogP contribution < -0.4 is 20.7 Å². The first-order valence-electron chi connectivity index (χ1n) is 9.19. The molecule has 0 aliphatic carbocycles. The molecule has 3 N–H and O–H groups in total. The van der Waals surface area contributed by atoms with Crippen LogP contribution in [0.15, 0.2) is 53.4 Å². The maximum absolute atomic E-state index is 12.8. The van der Waals surface area contributed by atoms with Crippen LogP contribution in [0.5, 0.6) is 5.75 Å². The number of aryl methyl sites for hydroxylation is 1. The van der Waals surface area contributed by atoms with Crippen molar-refractivity contribution in [1.82, 2.24) is 10.6 Å². The van der Waals surface area contributed by atoms with Crippen LogP contribution in [0.3, 0.4) is 0 Å². The molecule has 0 bridgehead atoms. The van der Waals surface area contributed by atoms with Gasteiger partial charge in [0, 0.05) is 12.2 Å². The van der Waals surface area contributed by atoms with Gasteiger partial charge in [0.1, 0.15) is 11.2 Å². The molecule has 8 nitrogen and oxygen atoms in total. The highest BCUT2D eigenvalue weighted by molar-refractivity contribution is 8.00. The zero-order valence-electron chi connectivity index (χ0n) is 16.5. The number of nitrogens with one attached hydrogen (secondary N) is 3. The number of benzene rings is 2. The molecule has 0 spiro atoms. The molecule has 10 heteroatoms. The molecule has 1 aliphatic rings. The number of amides is 2. The van der Waals surface area contributed by atoms with Crippen LogP contribution in [0, 0.1) is 6.92 Å². The minimum Gasteiger partial charge on any atom is -0.497 e. The second-order valence-electron chi connectivity index (χ2n) is 6.73. The summed E-state index contributed by atoms with van der Waals surface area (Å²) in [5.74, 6) is -0.184. The van der Waals surface area contributed by atoms with E-state index in [-0.39, 0.29) is 23.1 Å². The second-order valence-corrected chi connectivity index (χ2v) is 9.96. The van der Waals surface area contributed by atoms with Crippen LogP contribution in [0.4, 0.5) is 5.69 Å². The Morgan fingerprint density at radius 3 is 2.43 bits per heavy atom. The molecule has 1 fully saturated rings. The molecule has 2 atom stereocenters. The predicted octanol–water partition coefficient (Wildman–Crippen LogP) is 1.52. The van der Waals surface area contributed by atoms with E-state index in [9.17, 15) is 18.0 Å². The van der Waals surface area contributed by atoms with Crippen LogP contribution in [-0.2, 0) is 19.4 Å². The molecule has 0 saturated carbocycles. The summed E-state index contributed by atoms with van der Waals surface area (Å²) in [5.41, 5.74) is 1.23. The first kappa shape index (κ1) is 22.1. The summed E-state index contributed by atoms with van der Waals surface area (Å²) < 4.78 is 30.6. The number of ether oxygens (including phenoxy) is 1. The molecule has 3 rings (SSSR count).